The van der Waals surface area contributed by atoms with Gasteiger partial charge in [0, 0.05) is 25.1 Å². The molecule has 3 N–H and O–H groups in total. The maximum atomic E-state index is 5.89. The van der Waals surface area contributed by atoms with Crippen molar-refractivity contribution in [2.45, 2.75) is 44.2 Å². The third-order valence-electron chi connectivity index (χ3n) is 3.70. The SMILES string of the molecule is C=C[C@@H]1OCC[C@H]1CN=C(N)NC1CCCC1. The molecule has 0 bridgehead atoms. The van der Waals surface area contributed by atoms with Crippen molar-refractivity contribution in [3.05, 3.63) is 12.7 Å². The average Bonchev–Trinajstić information content (AvgIpc) is 2.96. The van der Waals surface area contributed by atoms with Gasteiger partial charge < -0.3 is 15.8 Å². The Balaban J connectivity index is 1.76. The van der Waals surface area contributed by atoms with E-state index in [4.69, 9.17) is 10.5 Å². The first-order valence-corrected chi connectivity index (χ1v) is 6.60. The third-order valence-corrected chi connectivity index (χ3v) is 3.70. The van der Waals surface area contributed by atoms with E-state index in [1.54, 1.807) is 0 Å². The van der Waals surface area contributed by atoms with Crippen LogP contribution < -0.4 is 11.1 Å². The Kier molecular flexibility index (Phi) is 4.42. The molecular formula is C13H23N3O. The van der Waals surface area contributed by atoms with Crippen molar-refractivity contribution in [2.24, 2.45) is 16.6 Å². The summed E-state index contributed by atoms with van der Waals surface area (Å²) in [5.74, 6) is 1.03. The number of rotatable bonds is 4. The summed E-state index contributed by atoms with van der Waals surface area (Å²) in [7, 11) is 0. The van der Waals surface area contributed by atoms with Crippen molar-refractivity contribution in [3.8, 4) is 0 Å². The van der Waals surface area contributed by atoms with Gasteiger partial charge in [0.05, 0.1) is 6.10 Å². The molecule has 0 aromatic heterocycles. The van der Waals surface area contributed by atoms with Crippen molar-refractivity contribution < 1.29 is 4.74 Å². The largest absolute Gasteiger partial charge is 0.374 e. The van der Waals surface area contributed by atoms with E-state index in [1.807, 2.05) is 6.08 Å². The van der Waals surface area contributed by atoms with E-state index in [0.29, 0.717) is 17.9 Å². The van der Waals surface area contributed by atoms with Crippen LogP contribution in [0.2, 0.25) is 0 Å². The summed E-state index contributed by atoms with van der Waals surface area (Å²) in [5.41, 5.74) is 5.89. The minimum absolute atomic E-state index is 0.151. The zero-order chi connectivity index (χ0) is 12.1. The summed E-state index contributed by atoms with van der Waals surface area (Å²) in [5, 5.41) is 3.30. The number of nitrogens with one attached hydrogen (secondary N) is 1. The van der Waals surface area contributed by atoms with Gasteiger partial charge in [0.25, 0.3) is 0 Å². The summed E-state index contributed by atoms with van der Waals surface area (Å²) >= 11 is 0. The summed E-state index contributed by atoms with van der Waals surface area (Å²) in [6, 6.07) is 0.536. The van der Waals surface area contributed by atoms with Gasteiger partial charge in [-0.1, -0.05) is 18.9 Å². The Morgan fingerprint density at radius 1 is 1.41 bits per heavy atom. The molecule has 1 saturated heterocycles. The summed E-state index contributed by atoms with van der Waals surface area (Å²) in [6.07, 6.45) is 8.12. The fourth-order valence-electron chi connectivity index (χ4n) is 2.65. The Morgan fingerprint density at radius 2 is 2.18 bits per heavy atom. The molecule has 17 heavy (non-hydrogen) atoms. The molecule has 0 aromatic rings. The first kappa shape index (κ1) is 12.4. The van der Waals surface area contributed by atoms with E-state index in [1.165, 1.54) is 25.7 Å². The predicted octanol–water partition coefficient (Wildman–Crippen LogP) is 1.42. The molecule has 4 nitrogen and oxygen atoms in total. The molecule has 0 amide bonds. The minimum Gasteiger partial charge on any atom is -0.374 e. The molecule has 2 fully saturated rings. The molecule has 2 aliphatic rings. The lowest BCUT2D eigenvalue weighted by Gasteiger charge is -2.15. The number of nitrogens with two attached hydrogens (primary N) is 1. The molecular weight excluding hydrogens is 214 g/mol. The molecule has 1 aliphatic carbocycles. The number of aliphatic imine (C=N–C) groups is 1. The topological polar surface area (TPSA) is 59.6 Å². The smallest absolute Gasteiger partial charge is 0.188 e. The van der Waals surface area contributed by atoms with Crippen LogP contribution in [0.15, 0.2) is 17.6 Å². The molecule has 96 valence electrons. The highest BCUT2D eigenvalue weighted by molar-refractivity contribution is 5.78. The maximum Gasteiger partial charge on any atom is 0.188 e. The van der Waals surface area contributed by atoms with Crippen molar-refractivity contribution in [1.82, 2.24) is 5.32 Å². The Bertz CT molecular complexity index is 284. The molecule has 1 aliphatic heterocycles. The maximum absolute atomic E-state index is 5.89. The Labute approximate surface area is 103 Å². The van der Waals surface area contributed by atoms with Gasteiger partial charge in [0.2, 0.25) is 0 Å². The van der Waals surface area contributed by atoms with Gasteiger partial charge in [-0.25, -0.2) is 0 Å². The molecule has 0 unspecified atom stereocenters. The highest BCUT2D eigenvalue weighted by Crippen LogP contribution is 2.22. The van der Waals surface area contributed by atoms with E-state index >= 15 is 0 Å². The fourth-order valence-corrected chi connectivity index (χ4v) is 2.65. The number of ether oxygens (including phenoxy) is 1. The van der Waals surface area contributed by atoms with E-state index in [9.17, 15) is 0 Å². The highest BCUT2D eigenvalue weighted by atomic mass is 16.5. The van der Waals surface area contributed by atoms with Gasteiger partial charge in [0.1, 0.15) is 0 Å². The van der Waals surface area contributed by atoms with Gasteiger partial charge in [0.15, 0.2) is 5.96 Å². The molecule has 0 aromatic carbocycles. The lowest BCUT2D eigenvalue weighted by Crippen LogP contribution is -2.39. The standard InChI is InChI=1S/C13H23N3O/c1-2-12-10(7-8-17-12)9-15-13(14)16-11-5-3-4-6-11/h2,10-12H,1,3-9H2,(H3,14,15,16)/t10-,12-/m0/s1. The van der Waals surface area contributed by atoms with Crippen LogP contribution in [0.1, 0.15) is 32.1 Å². The van der Waals surface area contributed by atoms with Crippen LogP contribution in [0.3, 0.4) is 0 Å². The van der Waals surface area contributed by atoms with Crippen LogP contribution in [0, 0.1) is 5.92 Å². The summed E-state index contributed by atoms with van der Waals surface area (Å²) in [6.45, 7) is 5.33. The lowest BCUT2D eigenvalue weighted by molar-refractivity contribution is 0.129. The fraction of sp³-hybridized carbons (Fsp3) is 0.769. The molecule has 1 heterocycles. The van der Waals surface area contributed by atoms with Crippen LogP contribution in [0.5, 0.6) is 0 Å². The molecule has 2 rings (SSSR count). The van der Waals surface area contributed by atoms with E-state index in [0.717, 1.165) is 19.6 Å². The van der Waals surface area contributed by atoms with Crippen molar-refractivity contribution in [2.75, 3.05) is 13.2 Å². The zero-order valence-corrected chi connectivity index (χ0v) is 10.4. The lowest BCUT2D eigenvalue weighted by atomic mass is 10.0. The van der Waals surface area contributed by atoms with E-state index in [-0.39, 0.29) is 6.10 Å². The zero-order valence-electron chi connectivity index (χ0n) is 10.4. The molecule has 0 radical (unpaired) electrons. The first-order chi connectivity index (χ1) is 8.29. The van der Waals surface area contributed by atoms with Crippen LogP contribution in [-0.2, 0) is 4.74 Å². The number of hydrogen-bond donors (Lipinski definition) is 2. The third kappa shape index (κ3) is 3.46. The summed E-state index contributed by atoms with van der Waals surface area (Å²) < 4.78 is 5.53. The minimum atomic E-state index is 0.151. The van der Waals surface area contributed by atoms with Gasteiger partial charge in [-0.2, -0.15) is 0 Å². The van der Waals surface area contributed by atoms with Crippen molar-refractivity contribution >= 4 is 5.96 Å². The van der Waals surface area contributed by atoms with E-state index < -0.39 is 0 Å². The summed E-state index contributed by atoms with van der Waals surface area (Å²) in [4.78, 5) is 4.42. The normalized spacial score (nSPS) is 30.7. The number of hydrogen-bond acceptors (Lipinski definition) is 2. The quantitative estimate of drug-likeness (QED) is 0.442. The van der Waals surface area contributed by atoms with Gasteiger partial charge >= 0.3 is 0 Å². The Hall–Kier alpha value is -1.03. The van der Waals surface area contributed by atoms with E-state index in [2.05, 4.69) is 16.9 Å². The monoisotopic (exact) mass is 237 g/mol. The van der Waals surface area contributed by atoms with Gasteiger partial charge in [-0.05, 0) is 19.3 Å². The van der Waals surface area contributed by atoms with Crippen molar-refractivity contribution in [3.63, 3.8) is 0 Å². The second-order valence-corrected chi connectivity index (χ2v) is 4.97. The molecule has 0 spiro atoms. The average molecular weight is 237 g/mol. The second-order valence-electron chi connectivity index (χ2n) is 4.97. The van der Waals surface area contributed by atoms with Crippen LogP contribution in [-0.4, -0.2) is 31.3 Å². The van der Waals surface area contributed by atoms with Crippen LogP contribution in [0.4, 0.5) is 0 Å². The van der Waals surface area contributed by atoms with Crippen molar-refractivity contribution in [1.29, 1.82) is 0 Å². The molecule has 4 heteroatoms. The van der Waals surface area contributed by atoms with Crippen LogP contribution in [0.25, 0.3) is 0 Å². The van der Waals surface area contributed by atoms with Crippen LogP contribution >= 0.6 is 0 Å². The van der Waals surface area contributed by atoms with Gasteiger partial charge in [-0.15, -0.1) is 6.58 Å². The highest BCUT2D eigenvalue weighted by Gasteiger charge is 2.25. The Morgan fingerprint density at radius 3 is 2.88 bits per heavy atom. The first-order valence-electron chi connectivity index (χ1n) is 6.60. The molecule has 1 saturated carbocycles. The predicted molar refractivity (Wildman–Crippen MR) is 69.9 cm³/mol. The second kappa shape index (κ2) is 6.05. The number of guanidine groups is 1. The molecule has 2 atom stereocenters. The van der Waals surface area contributed by atoms with Gasteiger partial charge in [-0.3, -0.25) is 4.99 Å². The number of nitrogens with zero attached hydrogens (tertiary/aromatic N) is 1.